The Hall–Kier alpha value is -1.49. The maximum atomic E-state index is 5.95. The van der Waals surface area contributed by atoms with Crippen LogP contribution in [0.3, 0.4) is 0 Å². The lowest BCUT2D eigenvalue weighted by Crippen LogP contribution is -2.09. The molecule has 0 saturated heterocycles. The van der Waals surface area contributed by atoms with Gasteiger partial charge in [-0.1, -0.05) is 13.0 Å². The summed E-state index contributed by atoms with van der Waals surface area (Å²) < 4.78 is 9.01. The smallest absolute Gasteiger partial charge is 0.131 e. The summed E-state index contributed by atoms with van der Waals surface area (Å²) in [5, 5.41) is 4.59. The van der Waals surface area contributed by atoms with Crippen molar-refractivity contribution in [3.8, 4) is 5.75 Å². The van der Waals surface area contributed by atoms with Gasteiger partial charge in [0, 0.05) is 32.4 Å². The Morgan fingerprint density at radius 3 is 2.67 bits per heavy atom. The summed E-state index contributed by atoms with van der Waals surface area (Å²) in [5.41, 5.74) is 3.30. The van der Waals surface area contributed by atoms with Gasteiger partial charge >= 0.3 is 0 Å². The van der Waals surface area contributed by atoms with Gasteiger partial charge in [0.2, 0.25) is 0 Å². The number of anilines is 1. The van der Waals surface area contributed by atoms with Gasteiger partial charge in [0.25, 0.3) is 0 Å². The second-order valence-corrected chi connectivity index (χ2v) is 5.85. The van der Waals surface area contributed by atoms with Crippen LogP contribution in [0.15, 0.2) is 28.7 Å². The summed E-state index contributed by atoms with van der Waals surface area (Å²) in [7, 11) is 4.05. The van der Waals surface area contributed by atoms with Crippen molar-refractivity contribution in [2.75, 3.05) is 19.0 Å². The third-order valence-electron chi connectivity index (χ3n) is 3.40. The van der Waals surface area contributed by atoms with Crippen LogP contribution in [0.25, 0.3) is 0 Å². The first-order chi connectivity index (χ1) is 10.1. The van der Waals surface area contributed by atoms with E-state index in [2.05, 4.69) is 45.8 Å². The van der Waals surface area contributed by atoms with E-state index in [0.717, 1.165) is 40.3 Å². The van der Waals surface area contributed by atoms with Crippen molar-refractivity contribution in [3.63, 3.8) is 0 Å². The molecule has 1 heterocycles. The van der Waals surface area contributed by atoms with Gasteiger partial charge in [-0.3, -0.25) is 4.68 Å². The van der Waals surface area contributed by atoms with Gasteiger partial charge in [-0.25, -0.2) is 0 Å². The normalized spacial score (nSPS) is 10.7. The fraction of sp³-hybridized carbons (Fsp3) is 0.438. The molecule has 0 spiro atoms. The Labute approximate surface area is 134 Å². The maximum Gasteiger partial charge on any atom is 0.131 e. The highest BCUT2D eigenvalue weighted by Crippen LogP contribution is 2.25. The molecule has 4 nitrogen and oxygen atoms in total. The molecule has 114 valence electrons. The third kappa shape index (κ3) is 3.59. The van der Waals surface area contributed by atoms with Gasteiger partial charge in [-0.05, 0) is 41.4 Å². The lowest BCUT2D eigenvalue weighted by Gasteiger charge is -2.14. The number of hydrogen-bond donors (Lipinski definition) is 0. The molecule has 0 aliphatic carbocycles. The number of aromatic nitrogens is 2. The van der Waals surface area contributed by atoms with Crippen molar-refractivity contribution in [2.45, 2.75) is 33.4 Å². The molecule has 0 aliphatic rings. The molecule has 2 rings (SSSR count). The summed E-state index contributed by atoms with van der Waals surface area (Å²) >= 11 is 3.64. The number of ether oxygens (including phenoxy) is 1. The minimum Gasteiger partial charge on any atom is -0.487 e. The number of benzene rings is 1. The average Bonchev–Trinajstić information content (AvgIpc) is 2.81. The molecule has 1 aromatic carbocycles. The Kier molecular flexibility index (Phi) is 5.28. The highest BCUT2D eigenvalue weighted by molar-refractivity contribution is 9.10. The number of hydrogen-bond acceptors (Lipinski definition) is 3. The number of nitrogens with zero attached hydrogens (tertiary/aromatic N) is 3. The van der Waals surface area contributed by atoms with Crippen LogP contribution in [0, 0.1) is 0 Å². The van der Waals surface area contributed by atoms with Crippen LogP contribution < -0.4 is 9.64 Å². The molecule has 21 heavy (non-hydrogen) atoms. The lowest BCUT2D eigenvalue weighted by molar-refractivity contribution is 0.292. The van der Waals surface area contributed by atoms with E-state index in [9.17, 15) is 0 Å². The predicted molar refractivity (Wildman–Crippen MR) is 90.1 cm³/mol. The Morgan fingerprint density at radius 1 is 1.29 bits per heavy atom. The van der Waals surface area contributed by atoms with Crippen LogP contribution in [0.2, 0.25) is 0 Å². The van der Waals surface area contributed by atoms with Crippen molar-refractivity contribution in [2.24, 2.45) is 0 Å². The first-order valence-corrected chi connectivity index (χ1v) is 8.00. The standard InChI is InChI=1S/C16H22BrN3O/c1-5-14-16(17)15(20(6-2)18-14)11-21-13-9-7-8-12(10-13)19(3)4/h7-10H,5-6,11H2,1-4H3. The van der Waals surface area contributed by atoms with E-state index >= 15 is 0 Å². The Morgan fingerprint density at radius 2 is 2.05 bits per heavy atom. The van der Waals surface area contributed by atoms with E-state index in [0.29, 0.717) is 6.61 Å². The third-order valence-corrected chi connectivity index (χ3v) is 4.32. The molecule has 0 aliphatic heterocycles. The van der Waals surface area contributed by atoms with E-state index in [-0.39, 0.29) is 0 Å². The van der Waals surface area contributed by atoms with Crippen molar-refractivity contribution >= 4 is 21.6 Å². The lowest BCUT2D eigenvalue weighted by atomic mass is 10.3. The first-order valence-electron chi connectivity index (χ1n) is 7.21. The van der Waals surface area contributed by atoms with Gasteiger partial charge in [0.05, 0.1) is 15.9 Å². The highest BCUT2D eigenvalue weighted by Gasteiger charge is 2.14. The molecule has 0 saturated carbocycles. The zero-order valence-corrected chi connectivity index (χ0v) is 14.6. The molecular formula is C16H22BrN3O. The average molecular weight is 352 g/mol. The van der Waals surface area contributed by atoms with E-state index in [1.165, 1.54) is 0 Å². The summed E-state index contributed by atoms with van der Waals surface area (Å²) in [6.45, 7) is 5.56. The topological polar surface area (TPSA) is 30.3 Å². The molecule has 5 heteroatoms. The van der Waals surface area contributed by atoms with Crippen LogP contribution >= 0.6 is 15.9 Å². The van der Waals surface area contributed by atoms with Crippen molar-refractivity contribution in [1.29, 1.82) is 0 Å². The van der Waals surface area contributed by atoms with Crippen molar-refractivity contribution in [3.05, 3.63) is 40.1 Å². The van der Waals surface area contributed by atoms with Gasteiger partial charge < -0.3 is 9.64 Å². The molecule has 0 unspecified atom stereocenters. The molecule has 2 aromatic rings. The summed E-state index contributed by atoms with van der Waals surface area (Å²) in [6, 6.07) is 8.10. The molecule has 1 aromatic heterocycles. The van der Waals surface area contributed by atoms with Crippen LogP contribution in [0.5, 0.6) is 5.75 Å². The SMILES string of the molecule is CCc1nn(CC)c(COc2cccc(N(C)C)c2)c1Br. The molecule has 0 atom stereocenters. The molecule has 0 amide bonds. The van der Waals surface area contributed by atoms with Gasteiger partial charge in [-0.15, -0.1) is 0 Å². The van der Waals surface area contributed by atoms with Crippen LogP contribution in [-0.2, 0) is 19.6 Å². The summed E-state index contributed by atoms with van der Waals surface area (Å²) in [6.07, 6.45) is 0.913. The number of halogens is 1. The maximum absolute atomic E-state index is 5.95. The second kappa shape index (κ2) is 6.98. The minimum absolute atomic E-state index is 0.512. The van der Waals surface area contributed by atoms with Crippen molar-refractivity contribution < 1.29 is 4.74 Å². The van der Waals surface area contributed by atoms with E-state index < -0.39 is 0 Å². The highest BCUT2D eigenvalue weighted by atomic mass is 79.9. The van der Waals surface area contributed by atoms with Crippen LogP contribution in [0.1, 0.15) is 25.2 Å². The van der Waals surface area contributed by atoms with E-state index in [1.54, 1.807) is 0 Å². The zero-order chi connectivity index (χ0) is 15.4. The number of rotatable bonds is 6. The monoisotopic (exact) mass is 351 g/mol. The van der Waals surface area contributed by atoms with Gasteiger partial charge in [-0.2, -0.15) is 5.10 Å². The first kappa shape index (κ1) is 15.9. The molecule has 0 N–H and O–H groups in total. The quantitative estimate of drug-likeness (QED) is 0.791. The Balaban J connectivity index is 2.16. The van der Waals surface area contributed by atoms with Crippen LogP contribution in [-0.4, -0.2) is 23.9 Å². The van der Waals surface area contributed by atoms with Crippen molar-refractivity contribution in [1.82, 2.24) is 9.78 Å². The fourth-order valence-corrected chi connectivity index (χ4v) is 2.84. The second-order valence-electron chi connectivity index (χ2n) is 5.06. The largest absolute Gasteiger partial charge is 0.487 e. The van der Waals surface area contributed by atoms with Gasteiger partial charge in [0.15, 0.2) is 0 Å². The van der Waals surface area contributed by atoms with E-state index in [1.807, 2.05) is 37.0 Å². The van der Waals surface area contributed by atoms with E-state index in [4.69, 9.17) is 4.74 Å². The molecule has 0 fully saturated rings. The summed E-state index contributed by atoms with van der Waals surface area (Å²) in [5.74, 6) is 0.870. The predicted octanol–water partition coefficient (Wildman–Crippen LogP) is 3.87. The Bertz CT molecular complexity index is 608. The van der Waals surface area contributed by atoms with Crippen LogP contribution in [0.4, 0.5) is 5.69 Å². The minimum atomic E-state index is 0.512. The molecule has 0 bridgehead atoms. The number of aryl methyl sites for hydroxylation is 2. The molecule has 0 radical (unpaired) electrons. The summed E-state index contributed by atoms with van der Waals surface area (Å²) in [4.78, 5) is 2.06. The van der Waals surface area contributed by atoms with Gasteiger partial charge in [0.1, 0.15) is 12.4 Å². The fourth-order valence-electron chi connectivity index (χ4n) is 2.16. The molecular weight excluding hydrogens is 330 g/mol. The zero-order valence-electron chi connectivity index (χ0n) is 13.1.